The molecule has 0 aromatic rings. The van der Waals surface area contributed by atoms with E-state index in [0.29, 0.717) is 5.41 Å². The highest BCUT2D eigenvalue weighted by atomic mass is 15.2. The SMILES string of the molecule is CCNC1C(CN2CC3CCCC3C2)CCCC1(C)C. The van der Waals surface area contributed by atoms with E-state index < -0.39 is 0 Å². The molecule has 116 valence electrons. The van der Waals surface area contributed by atoms with Crippen LogP contribution >= 0.6 is 0 Å². The highest BCUT2D eigenvalue weighted by Gasteiger charge is 2.41. The molecular weight excluding hydrogens is 244 g/mol. The number of nitrogens with one attached hydrogen (secondary N) is 1. The summed E-state index contributed by atoms with van der Waals surface area (Å²) in [6.07, 6.45) is 8.78. The summed E-state index contributed by atoms with van der Waals surface area (Å²) in [5.41, 5.74) is 0.481. The van der Waals surface area contributed by atoms with Gasteiger partial charge in [-0.05, 0) is 55.4 Å². The Balaban J connectivity index is 1.60. The fourth-order valence-electron chi connectivity index (χ4n) is 5.45. The number of fused-ring (bicyclic) bond motifs is 1. The zero-order valence-corrected chi connectivity index (χ0v) is 13.8. The van der Waals surface area contributed by atoms with Crippen LogP contribution in [0.1, 0.15) is 59.3 Å². The summed E-state index contributed by atoms with van der Waals surface area (Å²) < 4.78 is 0. The third-order valence-electron chi connectivity index (χ3n) is 6.43. The van der Waals surface area contributed by atoms with Crippen LogP contribution in [0.2, 0.25) is 0 Å². The maximum atomic E-state index is 3.82. The van der Waals surface area contributed by atoms with E-state index in [9.17, 15) is 0 Å². The summed E-state index contributed by atoms with van der Waals surface area (Å²) in [4.78, 5) is 2.81. The molecule has 1 saturated heterocycles. The topological polar surface area (TPSA) is 15.3 Å². The first-order chi connectivity index (χ1) is 9.60. The van der Waals surface area contributed by atoms with Crippen LogP contribution in [-0.4, -0.2) is 37.1 Å². The number of likely N-dealkylation sites (tertiary alicyclic amines) is 1. The van der Waals surface area contributed by atoms with Gasteiger partial charge < -0.3 is 10.2 Å². The van der Waals surface area contributed by atoms with Crippen LogP contribution < -0.4 is 5.32 Å². The molecule has 0 amide bonds. The van der Waals surface area contributed by atoms with Crippen molar-refractivity contribution in [1.82, 2.24) is 10.2 Å². The van der Waals surface area contributed by atoms with Crippen LogP contribution in [0, 0.1) is 23.2 Å². The third-order valence-corrected chi connectivity index (χ3v) is 6.43. The van der Waals surface area contributed by atoms with Crippen molar-refractivity contribution in [2.75, 3.05) is 26.2 Å². The monoisotopic (exact) mass is 278 g/mol. The molecule has 2 aliphatic carbocycles. The fraction of sp³-hybridized carbons (Fsp3) is 1.00. The lowest BCUT2D eigenvalue weighted by molar-refractivity contribution is 0.0840. The molecule has 0 aromatic heterocycles. The van der Waals surface area contributed by atoms with Crippen molar-refractivity contribution in [1.29, 1.82) is 0 Å². The van der Waals surface area contributed by atoms with Gasteiger partial charge in [0.15, 0.2) is 0 Å². The van der Waals surface area contributed by atoms with E-state index in [1.807, 2.05) is 0 Å². The van der Waals surface area contributed by atoms with Crippen molar-refractivity contribution >= 4 is 0 Å². The van der Waals surface area contributed by atoms with E-state index in [2.05, 4.69) is 31.0 Å². The zero-order chi connectivity index (χ0) is 14.2. The molecule has 4 atom stereocenters. The number of rotatable bonds is 4. The second kappa shape index (κ2) is 5.96. The van der Waals surface area contributed by atoms with Crippen molar-refractivity contribution in [2.45, 2.75) is 65.3 Å². The van der Waals surface area contributed by atoms with Gasteiger partial charge in [-0.3, -0.25) is 0 Å². The Labute approximate surface area is 125 Å². The van der Waals surface area contributed by atoms with E-state index in [1.165, 1.54) is 58.2 Å². The molecule has 3 rings (SSSR count). The van der Waals surface area contributed by atoms with Gasteiger partial charge in [0.2, 0.25) is 0 Å². The standard InChI is InChI=1S/C18H34N2/c1-4-19-17-16(9-6-10-18(17,2)3)13-20-11-14-7-5-8-15(14)12-20/h14-17,19H,4-13H2,1-3H3. The smallest absolute Gasteiger partial charge is 0.0159 e. The molecule has 1 heterocycles. The Bertz CT molecular complexity index is 313. The van der Waals surface area contributed by atoms with Crippen LogP contribution in [0.3, 0.4) is 0 Å². The van der Waals surface area contributed by atoms with E-state index in [1.54, 1.807) is 0 Å². The van der Waals surface area contributed by atoms with Crippen molar-refractivity contribution in [2.24, 2.45) is 23.2 Å². The van der Waals surface area contributed by atoms with Crippen LogP contribution in [0.4, 0.5) is 0 Å². The molecule has 3 fully saturated rings. The van der Waals surface area contributed by atoms with Gasteiger partial charge in [-0.1, -0.05) is 33.6 Å². The molecule has 2 saturated carbocycles. The molecule has 2 nitrogen and oxygen atoms in total. The fourth-order valence-corrected chi connectivity index (χ4v) is 5.45. The number of hydrogen-bond donors (Lipinski definition) is 1. The molecule has 1 aliphatic heterocycles. The van der Waals surface area contributed by atoms with Gasteiger partial charge in [0.25, 0.3) is 0 Å². The van der Waals surface area contributed by atoms with Crippen LogP contribution in [0.15, 0.2) is 0 Å². The van der Waals surface area contributed by atoms with Gasteiger partial charge in [-0.15, -0.1) is 0 Å². The minimum atomic E-state index is 0.481. The molecule has 0 radical (unpaired) electrons. The van der Waals surface area contributed by atoms with Gasteiger partial charge in [0.1, 0.15) is 0 Å². The maximum absolute atomic E-state index is 3.82. The lowest BCUT2D eigenvalue weighted by atomic mass is 9.67. The van der Waals surface area contributed by atoms with E-state index in [4.69, 9.17) is 0 Å². The Hall–Kier alpha value is -0.0800. The van der Waals surface area contributed by atoms with Crippen LogP contribution in [0.5, 0.6) is 0 Å². The van der Waals surface area contributed by atoms with E-state index in [0.717, 1.165) is 30.3 Å². The molecule has 4 unspecified atom stereocenters. The van der Waals surface area contributed by atoms with E-state index >= 15 is 0 Å². The summed E-state index contributed by atoms with van der Waals surface area (Å²) in [6, 6.07) is 0.724. The first kappa shape index (κ1) is 14.8. The maximum Gasteiger partial charge on any atom is 0.0159 e. The largest absolute Gasteiger partial charge is 0.313 e. The van der Waals surface area contributed by atoms with Crippen LogP contribution in [0.25, 0.3) is 0 Å². The van der Waals surface area contributed by atoms with Crippen molar-refractivity contribution < 1.29 is 0 Å². The highest BCUT2D eigenvalue weighted by molar-refractivity contribution is 4.96. The Morgan fingerprint density at radius 1 is 1.05 bits per heavy atom. The average molecular weight is 278 g/mol. The first-order valence-corrected chi connectivity index (χ1v) is 9.06. The number of nitrogens with zero attached hydrogens (tertiary/aromatic N) is 1. The molecule has 1 N–H and O–H groups in total. The highest BCUT2D eigenvalue weighted by Crippen LogP contribution is 2.42. The van der Waals surface area contributed by atoms with Crippen molar-refractivity contribution in [3.63, 3.8) is 0 Å². The normalized spacial score (nSPS) is 41.0. The zero-order valence-electron chi connectivity index (χ0n) is 13.8. The molecule has 0 spiro atoms. The Kier molecular flexibility index (Phi) is 4.42. The quantitative estimate of drug-likeness (QED) is 0.846. The minimum Gasteiger partial charge on any atom is -0.313 e. The predicted octanol–water partition coefficient (Wildman–Crippen LogP) is 3.52. The summed E-state index contributed by atoms with van der Waals surface area (Å²) >= 11 is 0. The van der Waals surface area contributed by atoms with Crippen molar-refractivity contribution in [3.8, 4) is 0 Å². The second-order valence-electron chi connectivity index (χ2n) is 8.35. The lowest BCUT2D eigenvalue weighted by Gasteiger charge is -2.45. The second-order valence-corrected chi connectivity index (χ2v) is 8.35. The Morgan fingerprint density at radius 2 is 1.75 bits per heavy atom. The molecule has 0 aromatic carbocycles. The van der Waals surface area contributed by atoms with Crippen LogP contribution in [-0.2, 0) is 0 Å². The van der Waals surface area contributed by atoms with Gasteiger partial charge in [0.05, 0.1) is 0 Å². The molecule has 0 bridgehead atoms. The Morgan fingerprint density at radius 3 is 2.40 bits per heavy atom. The first-order valence-electron chi connectivity index (χ1n) is 9.06. The molecular formula is C18H34N2. The summed E-state index contributed by atoms with van der Waals surface area (Å²) in [7, 11) is 0. The van der Waals surface area contributed by atoms with Gasteiger partial charge >= 0.3 is 0 Å². The van der Waals surface area contributed by atoms with Gasteiger partial charge in [-0.25, -0.2) is 0 Å². The third kappa shape index (κ3) is 2.92. The summed E-state index contributed by atoms with van der Waals surface area (Å²) in [5, 5.41) is 3.82. The summed E-state index contributed by atoms with van der Waals surface area (Å²) in [5.74, 6) is 2.96. The molecule has 3 aliphatic rings. The lowest BCUT2D eigenvalue weighted by Crippen LogP contribution is -2.52. The van der Waals surface area contributed by atoms with E-state index in [-0.39, 0.29) is 0 Å². The van der Waals surface area contributed by atoms with Crippen molar-refractivity contribution in [3.05, 3.63) is 0 Å². The molecule has 2 heteroatoms. The van der Waals surface area contributed by atoms with Gasteiger partial charge in [0, 0.05) is 25.7 Å². The average Bonchev–Trinajstić information content (AvgIpc) is 2.94. The summed E-state index contributed by atoms with van der Waals surface area (Å²) in [6.45, 7) is 12.5. The number of hydrogen-bond acceptors (Lipinski definition) is 2. The predicted molar refractivity (Wildman–Crippen MR) is 85.9 cm³/mol. The molecule has 20 heavy (non-hydrogen) atoms. The minimum absolute atomic E-state index is 0.481. The van der Waals surface area contributed by atoms with Gasteiger partial charge in [-0.2, -0.15) is 0 Å².